The molecule has 4 bridgehead atoms. The van der Waals surface area contributed by atoms with E-state index in [9.17, 15) is 5.26 Å². The molecule has 2 aromatic heterocycles. The van der Waals surface area contributed by atoms with Gasteiger partial charge in [0.1, 0.15) is 17.5 Å². The highest BCUT2D eigenvalue weighted by Crippen LogP contribution is 2.59. The molecule has 3 aromatic rings. The smallest absolute Gasteiger partial charge is 0.224 e. The summed E-state index contributed by atoms with van der Waals surface area (Å²) in [6, 6.07) is 11.1. The summed E-state index contributed by atoms with van der Waals surface area (Å²) in [6.45, 7) is 1.51. The van der Waals surface area contributed by atoms with Gasteiger partial charge in [-0.2, -0.15) is 10.2 Å². The molecule has 6 nitrogen and oxygen atoms in total. The topological polar surface area (TPSA) is 99.6 Å². The van der Waals surface area contributed by atoms with Gasteiger partial charge in [-0.05, 0) is 77.7 Å². The number of nitrogens with zero attached hydrogens (tertiary/aromatic N) is 3. The van der Waals surface area contributed by atoms with Crippen molar-refractivity contribution in [3.63, 3.8) is 0 Å². The average molecular weight is 445 g/mol. The first-order chi connectivity index (χ1) is 15.6. The molecule has 7 heteroatoms. The third-order valence-corrected chi connectivity index (χ3v) is 9.02. The van der Waals surface area contributed by atoms with Crippen LogP contribution in [0.5, 0.6) is 0 Å². The Kier molecular flexibility index (Phi) is 4.81. The van der Waals surface area contributed by atoms with Crippen LogP contribution >= 0.6 is 11.3 Å². The monoisotopic (exact) mass is 444 g/mol. The molecule has 0 saturated heterocycles. The number of nitriles is 1. The number of thiophene rings is 1. The van der Waals surface area contributed by atoms with Gasteiger partial charge in [-0.25, -0.2) is 4.98 Å². The van der Waals surface area contributed by atoms with E-state index in [2.05, 4.69) is 56.3 Å². The summed E-state index contributed by atoms with van der Waals surface area (Å²) in [5, 5.41) is 19.9. The molecular weight excluding hydrogens is 416 g/mol. The van der Waals surface area contributed by atoms with Crippen LogP contribution in [-0.2, 0) is 6.54 Å². The van der Waals surface area contributed by atoms with Gasteiger partial charge in [-0.3, -0.25) is 0 Å². The Morgan fingerprint density at radius 1 is 1.16 bits per heavy atom. The minimum atomic E-state index is 0.298. The van der Waals surface area contributed by atoms with Crippen LogP contribution < -0.4 is 16.4 Å². The fourth-order valence-electron chi connectivity index (χ4n) is 6.77. The first-order valence-electron chi connectivity index (χ1n) is 11.6. The van der Waals surface area contributed by atoms with Gasteiger partial charge in [0.05, 0.1) is 6.20 Å². The van der Waals surface area contributed by atoms with Crippen LogP contribution in [0.2, 0.25) is 0 Å². The molecule has 4 aliphatic rings. The lowest BCUT2D eigenvalue weighted by Gasteiger charge is -2.59. The zero-order valence-electron chi connectivity index (χ0n) is 18.1. The minimum absolute atomic E-state index is 0.298. The summed E-state index contributed by atoms with van der Waals surface area (Å²) < 4.78 is 1.28. The quantitative estimate of drug-likeness (QED) is 0.508. The predicted octanol–water partition coefficient (Wildman–Crippen LogP) is 4.74. The van der Waals surface area contributed by atoms with E-state index < -0.39 is 0 Å². The zero-order chi connectivity index (χ0) is 21.7. The van der Waals surface area contributed by atoms with Crippen molar-refractivity contribution in [2.24, 2.45) is 28.9 Å². The number of anilines is 2. The maximum absolute atomic E-state index is 9.60. The maximum atomic E-state index is 9.60. The molecule has 164 valence electrons. The van der Waals surface area contributed by atoms with Crippen molar-refractivity contribution in [3.05, 3.63) is 47.0 Å². The van der Waals surface area contributed by atoms with Gasteiger partial charge in [0.25, 0.3) is 0 Å². The first-order valence-corrected chi connectivity index (χ1v) is 12.5. The van der Waals surface area contributed by atoms with E-state index in [4.69, 9.17) is 5.73 Å². The number of hydrogen-bond acceptors (Lipinski definition) is 7. The first kappa shape index (κ1) is 20.0. The lowest BCUT2D eigenvalue weighted by atomic mass is 9.48. The summed E-state index contributed by atoms with van der Waals surface area (Å²) in [6.07, 6.45) is 7.93. The summed E-state index contributed by atoms with van der Waals surface area (Å²) >= 11 is 1.75. The molecule has 1 unspecified atom stereocenters. The summed E-state index contributed by atoms with van der Waals surface area (Å²) in [7, 11) is 0. The lowest BCUT2D eigenvalue weighted by Crippen LogP contribution is -2.58. The second kappa shape index (κ2) is 7.72. The second-order valence-electron chi connectivity index (χ2n) is 10.1. The highest BCUT2D eigenvalue weighted by atomic mass is 32.1. The van der Waals surface area contributed by atoms with E-state index >= 15 is 0 Å². The molecule has 4 aliphatic carbocycles. The van der Waals surface area contributed by atoms with Gasteiger partial charge in [-0.1, -0.05) is 18.2 Å². The predicted molar refractivity (Wildman–Crippen MR) is 128 cm³/mol. The van der Waals surface area contributed by atoms with Crippen molar-refractivity contribution >= 4 is 33.2 Å². The number of benzene rings is 1. The Bertz CT molecular complexity index is 1180. The van der Waals surface area contributed by atoms with Gasteiger partial charge in [0, 0.05) is 23.8 Å². The molecule has 0 spiro atoms. The number of nitrogens with one attached hydrogen (secondary N) is 2. The van der Waals surface area contributed by atoms with Crippen molar-refractivity contribution in [1.82, 2.24) is 9.97 Å². The van der Waals surface area contributed by atoms with Crippen molar-refractivity contribution in [2.75, 3.05) is 17.2 Å². The van der Waals surface area contributed by atoms with E-state index in [0.29, 0.717) is 47.2 Å². The fourth-order valence-corrected chi connectivity index (χ4v) is 7.69. The Hall–Kier alpha value is -2.69. The number of rotatable bonds is 6. The van der Waals surface area contributed by atoms with Gasteiger partial charge < -0.3 is 16.4 Å². The molecule has 4 saturated carbocycles. The lowest BCUT2D eigenvalue weighted by molar-refractivity contribution is -0.0591. The SMILES string of the molecule is N#Cc1cnc(NCc2cccc3ccsc23)nc1NC[C@]12CC3C[C@H](C1)[C@@H](N)[C@@H](C3)C2. The molecule has 4 N–H and O–H groups in total. The van der Waals surface area contributed by atoms with Crippen LogP contribution in [0.15, 0.2) is 35.8 Å². The number of nitrogens with two attached hydrogens (primary N) is 1. The molecule has 1 aromatic carbocycles. The largest absolute Gasteiger partial charge is 0.368 e. The third kappa shape index (κ3) is 3.42. The highest BCUT2D eigenvalue weighted by Gasteiger charge is 2.54. The molecule has 32 heavy (non-hydrogen) atoms. The Labute approximate surface area is 192 Å². The van der Waals surface area contributed by atoms with E-state index in [-0.39, 0.29) is 0 Å². The van der Waals surface area contributed by atoms with Crippen molar-refractivity contribution in [1.29, 1.82) is 5.26 Å². The van der Waals surface area contributed by atoms with Crippen LogP contribution in [0.3, 0.4) is 0 Å². The Morgan fingerprint density at radius 2 is 2.00 bits per heavy atom. The molecule has 0 radical (unpaired) electrons. The normalized spacial score (nSPS) is 30.4. The summed E-state index contributed by atoms with van der Waals surface area (Å²) in [4.78, 5) is 9.06. The number of fused-ring (bicyclic) bond motifs is 1. The van der Waals surface area contributed by atoms with Crippen LogP contribution in [-0.4, -0.2) is 22.6 Å². The number of hydrogen-bond donors (Lipinski definition) is 3. The van der Waals surface area contributed by atoms with Crippen molar-refractivity contribution < 1.29 is 0 Å². The van der Waals surface area contributed by atoms with Crippen molar-refractivity contribution in [3.8, 4) is 6.07 Å². The minimum Gasteiger partial charge on any atom is -0.368 e. The molecule has 2 heterocycles. The molecule has 5 atom stereocenters. The fraction of sp³-hybridized carbons (Fsp3) is 0.480. The van der Waals surface area contributed by atoms with E-state index in [1.54, 1.807) is 17.5 Å². The van der Waals surface area contributed by atoms with E-state index in [0.717, 1.165) is 12.5 Å². The Morgan fingerprint density at radius 3 is 2.81 bits per heavy atom. The third-order valence-electron chi connectivity index (χ3n) is 8.01. The van der Waals surface area contributed by atoms with Crippen LogP contribution in [0, 0.1) is 34.5 Å². The van der Waals surface area contributed by atoms with E-state index in [1.165, 1.54) is 47.8 Å². The molecule has 0 aliphatic heterocycles. The van der Waals surface area contributed by atoms with Gasteiger partial charge >= 0.3 is 0 Å². The summed E-state index contributed by atoms with van der Waals surface area (Å²) in [5.41, 5.74) is 8.54. The van der Waals surface area contributed by atoms with Crippen LogP contribution in [0.25, 0.3) is 10.1 Å². The number of aromatic nitrogens is 2. The Balaban J connectivity index is 1.18. The van der Waals surface area contributed by atoms with Gasteiger partial charge in [-0.15, -0.1) is 11.3 Å². The average Bonchev–Trinajstić information content (AvgIpc) is 3.29. The van der Waals surface area contributed by atoms with Gasteiger partial charge in [0.15, 0.2) is 0 Å². The van der Waals surface area contributed by atoms with Gasteiger partial charge in [0.2, 0.25) is 5.95 Å². The molecule has 7 rings (SSSR count). The van der Waals surface area contributed by atoms with Crippen LogP contribution in [0.1, 0.15) is 43.2 Å². The van der Waals surface area contributed by atoms with E-state index in [1.807, 2.05) is 0 Å². The maximum Gasteiger partial charge on any atom is 0.224 e. The highest BCUT2D eigenvalue weighted by molar-refractivity contribution is 7.17. The zero-order valence-corrected chi connectivity index (χ0v) is 18.9. The molecule has 0 amide bonds. The van der Waals surface area contributed by atoms with Crippen LogP contribution in [0.4, 0.5) is 11.8 Å². The van der Waals surface area contributed by atoms with Crippen molar-refractivity contribution in [2.45, 2.75) is 44.7 Å². The molecular formula is C25H28N6S. The molecule has 4 fully saturated rings. The standard InChI is InChI=1S/C25H28N6S/c26-11-20-13-29-24(28-12-17-3-1-2-16-4-5-32-22(16)17)31-23(20)30-14-25-8-15-6-18(9-25)21(27)19(7-15)10-25/h1-5,13,15,18-19,21H,6-10,12,14,27H2,(H2,28,29,30,31)/t15?,18-,19+,21-,25-. The summed E-state index contributed by atoms with van der Waals surface area (Å²) in [5.74, 6) is 3.35. The second-order valence-corrected chi connectivity index (χ2v) is 11.0.